The summed E-state index contributed by atoms with van der Waals surface area (Å²) < 4.78 is 13.1. The number of nitriles is 1. The lowest BCUT2D eigenvalue weighted by molar-refractivity contribution is 0.462. The summed E-state index contributed by atoms with van der Waals surface area (Å²) in [6, 6.07) is 7.04. The largest absolute Gasteiger partial charge is 0.369 e. The van der Waals surface area contributed by atoms with Crippen molar-refractivity contribution in [1.82, 2.24) is 5.32 Å². The van der Waals surface area contributed by atoms with Gasteiger partial charge in [-0.05, 0) is 18.2 Å². The molecule has 0 radical (unpaired) electrons. The Morgan fingerprint density at radius 3 is 3.12 bits per heavy atom. The van der Waals surface area contributed by atoms with Gasteiger partial charge >= 0.3 is 0 Å². The van der Waals surface area contributed by atoms with Crippen LogP contribution < -0.4 is 10.2 Å². The maximum atomic E-state index is 13.1. The second-order valence-corrected chi connectivity index (χ2v) is 4.46. The van der Waals surface area contributed by atoms with Gasteiger partial charge in [0.25, 0.3) is 0 Å². The van der Waals surface area contributed by atoms with Gasteiger partial charge in [-0.15, -0.1) is 0 Å². The Labute approximate surface area is 105 Å². The van der Waals surface area contributed by atoms with Crippen molar-refractivity contribution in [3.05, 3.63) is 29.0 Å². The second kappa shape index (κ2) is 5.35. The van der Waals surface area contributed by atoms with Gasteiger partial charge in [-0.1, -0.05) is 11.6 Å². The standard InChI is InChI=1S/C12H13ClFN3/c13-11-7-10(1-2-12(11)14)17-6-5-16-9(8-17)3-4-15/h1-2,7,9,16H,3,5-6,8H2. The van der Waals surface area contributed by atoms with Gasteiger partial charge in [0.1, 0.15) is 5.82 Å². The Balaban J connectivity index is 2.11. The third-order valence-corrected chi connectivity index (χ3v) is 3.15. The Hall–Kier alpha value is -1.31. The quantitative estimate of drug-likeness (QED) is 0.878. The van der Waals surface area contributed by atoms with Crippen LogP contribution in [0.15, 0.2) is 18.2 Å². The molecule has 0 aliphatic carbocycles. The minimum absolute atomic E-state index is 0.137. The Kier molecular flexibility index (Phi) is 3.82. The molecule has 3 nitrogen and oxygen atoms in total. The highest BCUT2D eigenvalue weighted by molar-refractivity contribution is 6.31. The van der Waals surface area contributed by atoms with Crippen molar-refractivity contribution in [3.63, 3.8) is 0 Å². The van der Waals surface area contributed by atoms with Gasteiger partial charge in [-0.25, -0.2) is 4.39 Å². The minimum atomic E-state index is -0.404. The molecule has 1 saturated heterocycles. The van der Waals surface area contributed by atoms with Crippen LogP contribution in [-0.4, -0.2) is 25.7 Å². The normalized spacial score (nSPS) is 20.1. The molecular weight excluding hydrogens is 241 g/mol. The fourth-order valence-corrected chi connectivity index (χ4v) is 2.16. The van der Waals surface area contributed by atoms with Crippen molar-refractivity contribution in [1.29, 1.82) is 5.26 Å². The number of hydrogen-bond acceptors (Lipinski definition) is 3. The minimum Gasteiger partial charge on any atom is -0.369 e. The fourth-order valence-electron chi connectivity index (χ4n) is 1.99. The van der Waals surface area contributed by atoms with Crippen molar-refractivity contribution < 1.29 is 4.39 Å². The Morgan fingerprint density at radius 1 is 1.59 bits per heavy atom. The zero-order chi connectivity index (χ0) is 12.3. The molecule has 0 bridgehead atoms. The molecule has 1 aromatic carbocycles. The third-order valence-electron chi connectivity index (χ3n) is 2.86. The molecule has 1 heterocycles. The Morgan fingerprint density at radius 2 is 2.41 bits per heavy atom. The van der Waals surface area contributed by atoms with E-state index in [0.717, 1.165) is 25.3 Å². The van der Waals surface area contributed by atoms with Crippen molar-refractivity contribution in [2.24, 2.45) is 0 Å². The van der Waals surface area contributed by atoms with Crippen LogP contribution in [0.25, 0.3) is 0 Å². The summed E-state index contributed by atoms with van der Waals surface area (Å²) in [4.78, 5) is 2.11. The van der Waals surface area contributed by atoms with E-state index in [-0.39, 0.29) is 11.1 Å². The molecule has 5 heteroatoms. The maximum Gasteiger partial charge on any atom is 0.141 e. The van der Waals surface area contributed by atoms with Crippen LogP contribution in [0.5, 0.6) is 0 Å². The van der Waals surface area contributed by atoms with Crippen LogP contribution in [0.2, 0.25) is 5.02 Å². The van der Waals surface area contributed by atoms with Crippen LogP contribution in [0.1, 0.15) is 6.42 Å². The molecule has 1 aromatic rings. The summed E-state index contributed by atoms with van der Waals surface area (Å²) >= 11 is 5.76. The van der Waals surface area contributed by atoms with Gasteiger partial charge in [0, 0.05) is 31.4 Å². The topological polar surface area (TPSA) is 39.1 Å². The average Bonchev–Trinajstić information content (AvgIpc) is 2.33. The van der Waals surface area contributed by atoms with E-state index >= 15 is 0 Å². The molecule has 90 valence electrons. The monoisotopic (exact) mass is 253 g/mol. The SMILES string of the molecule is N#CCC1CN(c2ccc(F)c(Cl)c2)CCN1. The number of halogens is 2. The van der Waals surface area contributed by atoms with Crippen LogP contribution in [0.3, 0.4) is 0 Å². The smallest absolute Gasteiger partial charge is 0.141 e. The Bertz CT molecular complexity index is 444. The fraction of sp³-hybridized carbons (Fsp3) is 0.417. The molecule has 0 aromatic heterocycles. The van der Waals surface area contributed by atoms with Gasteiger partial charge in [0.2, 0.25) is 0 Å². The zero-order valence-corrected chi connectivity index (χ0v) is 10.0. The second-order valence-electron chi connectivity index (χ2n) is 4.06. The summed E-state index contributed by atoms with van der Waals surface area (Å²) in [5, 5.41) is 12.1. The predicted octanol–water partition coefficient (Wildman–Crippen LogP) is 2.17. The molecule has 1 aliphatic rings. The van der Waals surface area contributed by atoms with Crippen LogP contribution >= 0.6 is 11.6 Å². The summed E-state index contributed by atoms with van der Waals surface area (Å²) in [6.45, 7) is 2.40. The number of benzene rings is 1. The average molecular weight is 254 g/mol. The first-order chi connectivity index (χ1) is 8.20. The molecule has 1 N–H and O–H groups in total. The van der Waals surface area contributed by atoms with E-state index in [9.17, 15) is 4.39 Å². The molecule has 0 saturated carbocycles. The number of anilines is 1. The van der Waals surface area contributed by atoms with E-state index in [1.165, 1.54) is 6.07 Å². The van der Waals surface area contributed by atoms with Crippen molar-refractivity contribution in [2.45, 2.75) is 12.5 Å². The first kappa shape index (κ1) is 12.2. The van der Waals surface area contributed by atoms with E-state index in [1.54, 1.807) is 12.1 Å². The van der Waals surface area contributed by atoms with Gasteiger partial charge in [0.05, 0.1) is 17.5 Å². The molecule has 1 atom stereocenters. The summed E-state index contributed by atoms with van der Waals surface area (Å²) in [5.41, 5.74) is 0.904. The summed E-state index contributed by atoms with van der Waals surface area (Å²) in [5.74, 6) is -0.404. The molecule has 17 heavy (non-hydrogen) atoms. The van der Waals surface area contributed by atoms with Crippen molar-refractivity contribution in [2.75, 3.05) is 24.5 Å². The lowest BCUT2D eigenvalue weighted by atomic mass is 10.1. The van der Waals surface area contributed by atoms with Crippen LogP contribution in [0.4, 0.5) is 10.1 Å². The highest BCUT2D eigenvalue weighted by Crippen LogP contribution is 2.23. The number of piperazine rings is 1. The van der Waals surface area contributed by atoms with E-state index in [1.807, 2.05) is 0 Å². The van der Waals surface area contributed by atoms with Gasteiger partial charge in [0.15, 0.2) is 0 Å². The zero-order valence-electron chi connectivity index (χ0n) is 9.29. The number of nitrogens with zero attached hydrogens (tertiary/aromatic N) is 2. The first-order valence-corrected chi connectivity index (χ1v) is 5.89. The highest BCUT2D eigenvalue weighted by atomic mass is 35.5. The lowest BCUT2D eigenvalue weighted by Crippen LogP contribution is -2.50. The number of rotatable bonds is 2. The first-order valence-electron chi connectivity index (χ1n) is 5.51. The molecule has 0 amide bonds. The van der Waals surface area contributed by atoms with E-state index in [4.69, 9.17) is 16.9 Å². The predicted molar refractivity (Wildman–Crippen MR) is 65.6 cm³/mol. The highest BCUT2D eigenvalue weighted by Gasteiger charge is 2.19. The molecule has 2 rings (SSSR count). The van der Waals surface area contributed by atoms with Gasteiger partial charge in [-0.2, -0.15) is 5.26 Å². The summed E-state index contributed by atoms with van der Waals surface area (Å²) in [6.07, 6.45) is 0.478. The molecule has 0 spiro atoms. The van der Waals surface area contributed by atoms with Crippen molar-refractivity contribution >= 4 is 17.3 Å². The molecule has 1 aliphatic heterocycles. The van der Waals surface area contributed by atoms with Crippen molar-refractivity contribution in [3.8, 4) is 6.07 Å². The van der Waals surface area contributed by atoms with Gasteiger partial charge in [-0.3, -0.25) is 0 Å². The van der Waals surface area contributed by atoms with Crippen LogP contribution in [0, 0.1) is 17.1 Å². The third kappa shape index (κ3) is 2.87. The lowest BCUT2D eigenvalue weighted by Gasteiger charge is -2.34. The van der Waals surface area contributed by atoms with E-state index < -0.39 is 5.82 Å². The van der Waals surface area contributed by atoms with E-state index in [2.05, 4.69) is 16.3 Å². The van der Waals surface area contributed by atoms with Gasteiger partial charge < -0.3 is 10.2 Å². The van der Waals surface area contributed by atoms with E-state index in [0.29, 0.717) is 6.42 Å². The summed E-state index contributed by atoms with van der Waals surface area (Å²) in [7, 11) is 0. The van der Waals surface area contributed by atoms with Crippen LogP contribution in [-0.2, 0) is 0 Å². The molecule has 1 fully saturated rings. The molecule has 1 unspecified atom stereocenters. The molecular formula is C12H13ClFN3. The maximum absolute atomic E-state index is 13.1. The number of nitrogens with one attached hydrogen (secondary N) is 1. The number of hydrogen-bond donors (Lipinski definition) is 1.